The first kappa shape index (κ1) is 19.4. The summed E-state index contributed by atoms with van der Waals surface area (Å²) in [5.41, 5.74) is 2.41. The minimum absolute atomic E-state index is 0.153. The Hall–Kier alpha value is -2.87. The first-order valence-corrected chi connectivity index (χ1v) is 10.2. The molecule has 150 valence electrons. The fraction of sp³-hybridized carbons (Fsp3) is 0.238. The fourth-order valence-electron chi connectivity index (χ4n) is 3.80. The van der Waals surface area contributed by atoms with Gasteiger partial charge in [0.2, 0.25) is 5.91 Å². The quantitative estimate of drug-likeness (QED) is 0.495. The lowest BCUT2D eigenvalue weighted by molar-refractivity contribution is -0.119. The number of nitrogens with one attached hydrogen (secondary N) is 3. The van der Waals surface area contributed by atoms with Crippen molar-refractivity contribution in [2.24, 2.45) is 0 Å². The Bertz CT molecular complexity index is 1140. The van der Waals surface area contributed by atoms with Crippen LogP contribution in [-0.4, -0.2) is 22.9 Å². The van der Waals surface area contributed by atoms with E-state index in [0.717, 1.165) is 10.9 Å². The molecule has 4 rings (SSSR count). The van der Waals surface area contributed by atoms with Gasteiger partial charge >= 0.3 is 0 Å². The first-order valence-electron chi connectivity index (χ1n) is 9.43. The highest BCUT2D eigenvalue weighted by molar-refractivity contribution is 9.10. The van der Waals surface area contributed by atoms with Gasteiger partial charge in [0.25, 0.3) is 5.91 Å². The molecule has 2 aromatic carbocycles. The molecule has 2 amide bonds. The van der Waals surface area contributed by atoms with Crippen LogP contribution in [0.3, 0.4) is 0 Å². The minimum Gasteiger partial charge on any atom is -0.381 e. The van der Waals surface area contributed by atoms with E-state index in [1.165, 1.54) is 6.07 Å². The van der Waals surface area contributed by atoms with Crippen molar-refractivity contribution >= 4 is 55.7 Å². The largest absolute Gasteiger partial charge is 0.381 e. The lowest BCUT2D eigenvalue weighted by atomic mass is 10.1. The summed E-state index contributed by atoms with van der Waals surface area (Å²) in [5.74, 6) is -1.03. The summed E-state index contributed by atoms with van der Waals surface area (Å²) in [6, 6.07) is 9.81. The molecule has 1 aromatic heterocycles. The monoisotopic (exact) mass is 458 g/mol. The van der Waals surface area contributed by atoms with Gasteiger partial charge in [-0.2, -0.15) is 0 Å². The van der Waals surface area contributed by atoms with E-state index in [2.05, 4.69) is 31.9 Å². The van der Waals surface area contributed by atoms with Crippen LogP contribution >= 0.6 is 15.9 Å². The minimum atomic E-state index is -0.490. The maximum Gasteiger partial charge on any atom is 0.272 e. The van der Waals surface area contributed by atoms with Crippen molar-refractivity contribution in [2.75, 3.05) is 22.5 Å². The highest BCUT2D eigenvalue weighted by atomic mass is 79.9. The second kappa shape index (κ2) is 7.51. The van der Waals surface area contributed by atoms with Gasteiger partial charge in [-0.15, -0.1) is 0 Å². The SMILES string of the molecule is CCNc1c(F)cc(Br)cc1NC(=O)c1cc2cccc3c2n1C(CC)C(=O)N3. The van der Waals surface area contributed by atoms with Gasteiger partial charge in [0.1, 0.15) is 17.6 Å². The predicted molar refractivity (Wildman–Crippen MR) is 116 cm³/mol. The lowest BCUT2D eigenvalue weighted by Gasteiger charge is -2.26. The standard InChI is InChI=1S/C21H20BrFN4O2/c1-3-16-20(28)25-14-7-5-6-11-8-17(27(16)19(11)14)21(29)26-15-10-12(22)9-13(23)18(15)24-4-2/h5-10,16,24H,3-4H2,1-2H3,(H,25,28)(H,26,29). The van der Waals surface area contributed by atoms with E-state index >= 15 is 0 Å². The maximum absolute atomic E-state index is 14.4. The summed E-state index contributed by atoms with van der Waals surface area (Å²) in [4.78, 5) is 25.8. The van der Waals surface area contributed by atoms with Gasteiger partial charge in [0, 0.05) is 16.4 Å². The van der Waals surface area contributed by atoms with Crippen LogP contribution in [-0.2, 0) is 4.79 Å². The van der Waals surface area contributed by atoms with Gasteiger partial charge in [0.15, 0.2) is 0 Å². The Labute approximate surface area is 175 Å². The number of amides is 2. The molecule has 3 N–H and O–H groups in total. The molecular formula is C21H20BrFN4O2. The third kappa shape index (κ3) is 3.27. The van der Waals surface area contributed by atoms with Crippen LogP contribution in [0.15, 0.2) is 40.9 Å². The van der Waals surface area contributed by atoms with Crippen molar-refractivity contribution in [3.63, 3.8) is 0 Å². The van der Waals surface area contributed by atoms with Gasteiger partial charge in [-0.1, -0.05) is 35.0 Å². The molecule has 6 nitrogen and oxygen atoms in total. The molecule has 8 heteroatoms. The molecule has 0 aliphatic carbocycles. The number of hydrogen-bond acceptors (Lipinski definition) is 3. The Kier molecular flexibility index (Phi) is 5.04. The third-order valence-electron chi connectivity index (χ3n) is 5.01. The van der Waals surface area contributed by atoms with Gasteiger partial charge in [-0.25, -0.2) is 4.39 Å². The molecule has 3 aromatic rings. The molecule has 29 heavy (non-hydrogen) atoms. The predicted octanol–water partition coefficient (Wildman–Crippen LogP) is 5.13. The van der Waals surface area contributed by atoms with Crippen molar-refractivity contribution in [1.82, 2.24) is 4.57 Å². The van der Waals surface area contributed by atoms with Crippen LogP contribution in [0, 0.1) is 5.82 Å². The number of carbonyl (C=O) groups excluding carboxylic acids is 2. The summed E-state index contributed by atoms with van der Waals surface area (Å²) in [6.45, 7) is 4.25. The number of nitrogens with zero attached hydrogens (tertiary/aromatic N) is 1. The molecule has 0 bridgehead atoms. The smallest absolute Gasteiger partial charge is 0.272 e. The average molecular weight is 459 g/mol. The van der Waals surface area contributed by atoms with Crippen molar-refractivity contribution in [2.45, 2.75) is 26.3 Å². The van der Waals surface area contributed by atoms with Crippen LogP contribution in [0.5, 0.6) is 0 Å². The van der Waals surface area contributed by atoms with Crippen LogP contribution in [0.2, 0.25) is 0 Å². The number of halogens is 2. The molecule has 2 heterocycles. The van der Waals surface area contributed by atoms with E-state index in [4.69, 9.17) is 0 Å². The zero-order valence-corrected chi connectivity index (χ0v) is 17.6. The lowest BCUT2D eigenvalue weighted by Crippen LogP contribution is -2.32. The van der Waals surface area contributed by atoms with Crippen molar-refractivity contribution in [3.05, 3.63) is 52.4 Å². The van der Waals surface area contributed by atoms with Crippen molar-refractivity contribution < 1.29 is 14.0 Å². The molecule has 0 fully saturated rings. The summed E-state index contributed by atoms with van der Waals surface area (Å²) in [5, 5.41) is 9.53. The number of benzene rings is 2. The fourth-order valence-corrected chi connectivity index (χ4v) is 4.23. The molecule has 0 saturated heterocycles. The Balaban J connectivity index is 1.82. The van der Waals surface area contributed by atoms with Crippen molar-refractivity contribution in [1.29, 1.82) is 0 Å². The highest BCUT2D eigenvalue weighted by Gasteiger charge is 2.31. The average Bonchev–Trinajstić information content (AvgIpc) is 3.06. The van der Waals surface area contributed by atoms with E-state index in [-0.39, 0.29) is 11.6 Å². The Morgan fingerprint density at radius 1 is 1.28 bits per heavy atom. The van der Waals surface area contributed by atoms with Crippen molar-refractivity contribution in [3.8, 4) is 0 Å². The van der Waals surface area contributed by atoms with Gasteiger partial charge in [-0.3, -0.25) is 9.59 Å². The molecule has 1 aliphatic heterocycles. The molecule has 0 saturated carbocycles. The summed E-state index contributed by atoms with van der Waals surface area (Å²) in [6.07, 6.45) is 0.540. The zero-order chi connectivity index (χ0) is 20.7. The van der Waals surface area contributed by atoms with Gasteiger partial charge < -0.3 is 20.5 Å². The number of rotatable bonds is 5. The van der Waals surface area contributed by atoms with E-state index in [1.54, 1.807) is 16.7 Å². The Morgan fingerprint density at radius 3 is 2.79 bits per heavy atom. The normalized spacial score (nSPS) is 15.3. The molecule has 0 spiro atoms. The molecule has 1 atom stereocenters. The number of hydrogen-bond donors (Lipinski definition) is 3. The number of anilines is 3. The van der Waals surface area contributed by atoms with Gasteiger partial charge in [0.05, 0.1) is 22.6 Å². The number of para-hydroxylation sites is 1. The third-order valence-corrected chi connectivity index (χ3v) is 5.47. The second-order valence-electron chi connectivity index (χ2n) is 6.85. The topological polar surface area (TPSA) is 75.2 Å². The van der Waals surface area contributed by atoms with E-state index in [1.807, 2.05) is 32.0 Å². The second-order valence-corrected chi connectivity index (χ2v) is 7.77. The summed E-state index contributed by atoms with van der Waals surface area (Å²) >= 11 is 3.27. The van der Waals surface area contributed by atoms with E-state index in [9.17, 15) is 14.0 Å². The van der Waals surface area contributed by atoms with Crippen LogP contribution in [0.4, 0.5) is 21.5 Å². The first-order chi connectivity index (χ1) is 13.9. The number of carbonyl (C=O) groups is 2. The maximum atomic E-state index is 14.4. The summed E-state index contributed by atoms with van der Waals surface area (Å²) < 4.78 is 16.7. The van der Waals surface area contributed by atoms with Crippen LogP contribution < -0.4 is 16.0 Å². The zero-order valence-electron chi connectivity index (χ0n) is 16.0. The number of aromatic nitrogens is 1. The molecule has 0 radical (unpaired) electrons. The van der Waals surface area contributed by atoms with E-state index < -0.39 is 17.8 Å². The van der Waals surface area contributed by atoms with Crippen LogP contribution in [0.25, 0.3) is 10.9 Å². The molecule has 1 aliphatic rings. The molecule has 1 unspecified atom stereocenters. The highest BCUT2D eigenvalue weighted by Crippen LogP contribution is 2.36. The Morgan fingerprint density at radius 2 is 2.07 bits per heavy atom. The summed E-state index contributed by atoms with van der Waals surface area (Å²) in [7, 11) is 0. The van der Waals surface area contributed by atoms with Gasteiger partial charge in [-0.05, 0) is 37.6 Å². The van der Waals surface area contributed by atoms with Crippen LogP contribution in [0.1, 0.15) is 36.8 Å². The van der Waals surface area contributed by atoms with E-state index in [0.29, 0.717) is 34.5 Å². The molecular weight excluding hydrogens is 439 g/mol.